The molecule has 0 bridgehead atoms. The van der Waals surface area contributed by atoms with Crippen LogP contribution in [-0.2, 0) is 16.0 Å². The van der Waals surface area contributed by atoms with E-state index in [2.05, 4.69) is 10.5 Å². The molecule has 3 aliphatic heterocycles. The van der Waals surface area contributed by atoms with E-state index >= 15 is 0 Å². The number of amides is 5. The first kappa shape index (κ1) is 31.6. The molecule has 4 heterocycles. The molecule has 3 aromatic rings. The van der Waals surface area contributed by atoms with Gasteiger partial charge in [0.05, 0.1) is 30.3 Å². The lowest BCUT2D eigenvalue weighted by Crippen LogP contribution is -2.51. The minimum atomic E-state index is -0.691. The highest BCUT2D eigenvalue weighted by Gasteiger charge is 2.45. The minimum Gasteiger partial charge on any atom is -0.488 e. The largest absolute Gasteiger partial charge is 0.488 e. The Hall–Kier alpha value is -5.00. The van der Waals surface area contributed by atoms with Crippen LogP contribution in [0.1, 0.15) is 86.2 Å². The van der Waals surface area contributed by atoms with Gasteiger partial charge in [0.25, 0.3) is 17.7 Å². The number of ether oxygens (including phenoxy) is 1. The van der Waals surface area contributed by atoms with E-state index in [9.17, 15) is 24.0 Å². The van der Waals surface area contributed by atoms with Crippen LogP contribution >= 0.6 is 0 Å². The molecule has 48 heavy (non-hydrogen) atoms. The maximum atomic E-state index is 14.5. The Morgan fingerprint density at radius 2 is 1.69 bits per heavy atom. The number of nitrogens with one attached hydrogen (secondary N) is 1. The summed E-state index contributed by atoms with van der Waals surface area (Å²) in [5, 5.41) is 6.61. The lowest BCUT2D eigenvalue weighted by atomic mass is 9.77. The highest BCUT2D eigenvalue weighted by molar-refractivity contribution is 6.21. The van der Waals surface area contributed by atoms with E-state index in [0.29, 0.717) is 68.0 Å². The van der Waals surface area contributed by atoms with Crippen molar-refractivity contribution in [3.05, 3.63) is 82.2 Å². The van der Waals surface area contributed by atoms with Crippen LogP contribution in [0.3, 0.4) is 0 Å². The Labute approximate surface area is 278 Å². The molecule has 1 N–H and O–H groups in total. The number of nitrogens with zero attached hydrogens (tertiary/aromatic N) is 4. The molecule has 2 aromatic carbocycles. The maximum absolute atomic E-state index is 14.5. The molecule has 5 amide bonds. The third kappa shape index (κ3) is 5.62. The Morgan fingerprint density at radius 1 is 0.958 bits per heavy atom. The van der Waals surface area contributed by atoms with Gasteiger partial charge in [0, 0.05) is 50.0 Å². The molecule has 1 saturated heterocycles. The summed E-state index contributed by atoms with van der Waals surface area (Å²) in [4.78, 5) is 72.4. The van der Waals surface area contributed by atoms with Crippen LogP contribution in [0.25, 0.3) is 0 Å². The number of imide groups is 1. The number of likely N-dealkylation sites (tertiary alicyclic amines) is 1. The van der Waals surface area contributed by atoms with Crippen molar-refractivity contribution in [3.63, 3.8) is 0 Å². The van der Waals surface area contributed by atoms with E-state index in [-0.39, 0.29) is 36.1 Å². The van der Waals surface area contributed by atoms with Crippen molar-refractivity contribution in [2.45, 2.75) is 57.6 Å². The smallest absolute Gasteiger partial charge is 0.276 e. The summed E-state index contributed by atoms with van der Waals surface area (Å²) in [6, 6.07) is 13.4. The van der Waals surface area contributed by atoms with Gasteiger partial charge in [-0.3, -0.25) is 28.9 Å². The number of fused-ring (bicyclic) bond motifs is 2. The van der Waals surface area contributed by atoms with Crippen molar-refractivity contribution in [1.82, 2.24) is 25.2 Å². The van der Waals surface area contributed by atoms with Gasteiger partial charge in [-0.15, -0.1) is 0 Å². The number of hydrogen-bond acceptors (Lipinski definition) is 8. The molecule has 7 rings (SSSR count). The van der Waals surface area contributed by atoms with Crippen LogP contribution in [0.2, 0.25) is 0 Å². The second-order valence-corrected chi connectivity index (χ2v) is 13.1. The summed E-state index contributed by atoms with van der Waals surface area (Å²) >= 11 is 0. The van der Waals surface area contributed by atoms with E-state index in [1.165, 1.54) is 4.90 Å². The van der Waals surface area contributed by atoms with Crippen LogP contribution in [-0.4, -0.2) is 88.7 Å². The molecule has 12 nitrogen and oxygen atoms in total. The van der Waals surface area contributed by atoms with Gasteiger partial charge < -0.3 is 24.4 Å². The van der Waals surface area contributed by atoms with Gasteiger partial charge >= 0.3 is 0 Å². The van der Waals surface area contributed by atoms with Crippen molar-refractivity contribution < 1.29 is 33.2 Å². The fourth-order valence-corrected chi connectivity index (χ4v) is 7.83. The van der Waals surface area contributed by atoms with Crippen molar-refractivity contribution in [3.8, 4) is 5.75 Å². The molecule has 4 atom stereocenters. The summed E-state index contributed by atoms with van der Waals surface area (Å²) in [7, 11) is 1.59. The Bertz CT molecular complexity index is 1750. The summed E-state index contributed by atoms with van der Waals surface area (Å²) in [6.07, 6.45) is 3.76. The maximum Gasteiger partial charge on any atom is 0.276 e. The van der Waals surface area contributed by atoms with Crippen LogP contribution in [0.15, 0.2) is 53.1 Å². The van der Waals surface area contributed by atoms with E-state index in [1.807, 2.05) is 18.2 Å². The zero-order valence-electron chi connectivity index (χ0n) is 27.1. The van der Waals surface area contributed by atoms with Crippen LogP contribution in [0, 0.1) is 18.8 Å². The number of hydrogen-bond donors (Lipinski definition) is 1. The lowest BCUT2D eigenvalue weighted by molar-refractivity contribution is -0.146. The molecule has 250 valence electrons. The highest BCUT2D eigenvalue weighted by atomic mass is 16.5. The van der Waals surface area contributed by atoms with E-state index < -0.39 is 29.7 Å². The molecular formula is C36H39N5O7. The fourth-order valence-electron chi connectivity index (χ4n) is 7.83. The van der Waals surface area contributed by atoms with Gasteiger partial charge in [-0.1, -0.05) is 42.3 Å². The SMILES string of the molecule is CNC(=O)[C@H]1CCCC[C@H]1C(=O)N1CCc2cccc(O[C@H]3CCN(C(=O)c4cc(C)on4)C3)c2C1CN1C(=O)c2ccccc2C1=O. The first-order valence-corrected chi connectivity index (χ1v) is 16.7. The van der Waals surface area contributed by atoms with Crippen LogP contribution < -0.4 is 10.1 Å². The number of rotatable bonds is 7. The molecule has 12 heteroatoms. The normalized spacial score (nSPS) is 23.6. The van der Waals surface area contributed by atoms with Crippen LogP contribution in [0.5, 0.6) is 5.75 Å². The first-order chi connectivity index (χ1) is 23.2. The summed E-state index contributed by atoms with van der Waals surface area (Å²) < 4.78 is 11.7. The number of carbonyl (C=O) groups excluding carboxylic acids is 5. The highest BCUT2D eigenvalue weighted by Crippen LogP contribution is 2.42. The van der Waals surface area contributed by atoms with Gasteiger partial charge in [-0.05, 0) is 49.9 Å². The van der Waals surface area contributed by atoms with E-state index in [4.69, 9.17) is 9.26 Å². The zero-order valence-corrected chi connectivity index (χ0v) is 27.1. The summed E-state index contributed by atoms with van der Waals surface area (Å²) in [6.45, 7) is 2.89. The molecule has 0 spiro atoms. The predicted octanol–water partition coefficient (Wildman–Crippen LogP) is 3.55. The third-order valence-electron chi connectivity index (χ3n) is 10.2. The molecule has 1 aromatic heterocycles. The van der Waals surface area contributed by atoms with Crippen molar-refractivity contribution in [1.29, 1.82) is 0 Å². The Balaban J connectivity index is 1.21. The van der Waals surface area contributed by atoms with Crippen LogP contribution in [0.4, 0.5) is 0 Å². The van der Waals surface area contributed by atoms with Gasteiger partial charge in [0.1, 0.15) is 17.6 Å². The van der Waals surface area contributed by atoms with Gasteiger partial charge in [-0.25, -0.2) is 0 Å². The molecule has 2 fully saturated rings. The number of aryl methyl sites for hydroxylation is 1. The van der Waals surface area contributed by atoms with E-state index in [0.717, 1.165) is 24.0 Å². The molecule has 0 radical (unpaired) electrons. The first-order valence-electron chi connectivity index (χ1n) is 16.7. The zero-order chi connectivity index (χ0) is 33.5. The Kier molecular flexibility index (Phi) is 8.49. The lowest BCUT2D eigenvalue weighted by Gasteiger charge is -2.43. The molecule has 1 saturated carbocycles. The monoisotopic (exact) mass is 653 g/mol. The predicted molar refractivity (Wildman–Crippen MR) is 172 cm³/mol. The molecular weight excluding hydrogens is 614 g/mol. The second-order valence-electron chi connectivity index (χ2n) is 13.1. The summed E-state index contributed by atoms with van der Waals surface area (Å²) in [5.41, 5.74) is 2.64. The summed E-state index contributed by atoms with van der Waals surface area (Å²) in [5.74, 6) is -1.17. The molecule has 4 aliphatic rings. The van der Waals surface area contributed by atoms with Gasteiger partial charge in [-0.2, -0.15) is 0 Å². The molecule has 1 aliphatic carbocycles. The minimum absolute atomic E-state index is 0.0520. The average Bonchev–Trinajstić information content (AvgIpc) is 3.83. The quantitative estimate of drug-likeness (QED) is 0.382. The van der Waals surface area contributed by atoms with Crippen molar-refractivity contribution in [2.24, 2.45) is 11.8 Å². The number of aromatic nitrogens is 1. The molecule has 1 unspecified atom stereocenters. The number of benzene rings is 2. The van der Waals surface area contributed by atoms with Crippen molar-refractivity contribution >= 4 is 29.5 Å². The Morgan fingerprint density at radius 3 is 2.38 bits per heavy atom. The van der Waals surface area contributed by atoms with E-state index in [1.54, 1.807) is 54.1 Å². The third-order valence-corrected chi connectivity index (χ3v) is 10.2. The van der Waals surface area contributed by atoms with Gasteiger partial charge in [0.15, 0.2) is 5.69 Å². The fraction of sp³-hybridized carbons (Fsp3) is 0.444. The average molecular weight is 654 g/mol. The second kappa shape index (κ2) is 12.9. The van der Waals surface area contributed by atoms with Gasteiger partial charge in [0.2, 0.25) is 11.8 Å². The standard InChI is InChI=1S/C36H39N5O7/c1-21-18-28(38-48-21)36(46)39-16-15-23(19-39)47-30-13-7-8-22-14-17-40(33(43)25-10-4-3-9-24(25)32(42)37-2)29(31(22)30)20-41-34(44)26-11-5-6-12-27(26)35(41)45/h5-8,11-13,18,23-25,29H,3-4,9-10,14-17,19-20H2,1-2H3,(H,37,42)/t23-,24-,25+,29?/m0/s1. The topological polar surface area (TPSA) is 142 Å². The van der Waals surface area contributed by atoms with Crippen molar-refractivity contribution in [2.75, 3.05) is 33.2 Å². The number of carbonyl (C=O) groups is 5.